The highest BCUT2D eigenvalue weighted by Crippen LogP contribution is 2.41. The average Bonchev–Trinajstić information content (AvgIpc) is 3.18. The molecule has 262 valence electrons. The molecule has 5 aromatic rings. The van der Waals surface area contributed by atoms with E-state index in [1.807, 2.05) is 115 Å². The zero-order chi connectivity index (χ0) is 36.2. The number of rotatable bonds is 16. The van der Waals surface area contributed by atoms with Gasteiger partial charge < -0.3 is 24.4 Å². The molecule has 0 aliphatic carbocycles. The average molecular weight is 687 g/mol. The number of aliphatic carboxylic acids is 1. The highest BCUT2D eigenvalue weighted by molar-refractivity contribution is 6.03. The van der Waals surface area contributed by atoms with Crippen molar-refractivity contribution in [3.63, 3.8) is 0 Å². The Hall–Kier alpha value is -5.57. The summed E-state index contributed by atoms with van der Waals surface area (Å²) in [4.78, 5) is 37.1. The number of carbonyl (C=O) groups is 3. The summed E-state index contributed by atoms with van der Waals surface area (Å²) in [5, 5.41) is 21.6. The monoisotopic (exact) mass is 686 g/mol. The van der Waals surface area contributed by atoms with Gasteiger partial charge in [0.15, 0.2) is 0 Å². The maximum absolute atomic E-state index is 12.6. The number of ether oxygens (including phenoxy) is 3. The fourth-order valence-corrected chi connectivity index (χ4v) is 6.39. The van der Waals surface area contributed by atoms with Gasteiger partial charge in [-0.25, -0.2) is 9.59 Å². The zero-order valence-electron chi connectivity index (χ0n) is 28.7. The van der Waals surface area contributed by atoms with Crippen LogP contribution in [0.1, 0.15) is 60.5 Å². The van der Waals surface area contributed by atoms with Gasteiger partial charge in [0.1, 0.15) is 11.5 Å². The van der Waals surface area contributed by atoms with E-state index in [4.69, 9.17) is 14.2 Å². The second-order valence-electron chi connectivity index (χ2n) is 12.3. The second-order valence-corrected chi connectivity index (χ2v) is 12.3. The molecule has 0 spiro atoms. The molecule has 51 heavy (non-hydrogen) atoms. The molecule has 0 unspecified atom stereocenters. The van der Waals surface area contributed by atoms with Crippen molar-refractivity contribution in [1.29, 1.82) is 0 Å². The van der Waals surface area contributed by atoms with Crippen LogP contribution in [0.5, 0.6) is 0 Å². The van der Waals surface area contributed by atoms with Crippen molar-refractivity contribution in [2.24, 2.45) is 5.92 Å². The van der Waals surface area contributed by atoms with Gasteiger partial charge in [-0.3, -0.25) is 4.79 Å². The van der Waals surface area contributed by atoms with Crippen molar-refractivity contribution in [1.82, 2.24) is 0 Å². The molecule has 2 atom stereocenters. The van der Waals surface area contributed by atoms with Crippen LogP contribution in [-0.4, -0.2) is 55.1 Å². The molecule has 5 rings (SSSR count). The van der Waals surface area contributed by atoms with Gasteiger partial charge in [-0.2, -0.15) is 0 Å². The van der Waals surface area contributed by atoms with E-state index in [1.165, 1.54) is 14.2 Å². The Bertz CT molecular complexity index is 1810. The first kappa shape index (κ1) is 36.7. The highest BCUT2D eigenvalue weighted by atomic mass is 16.5. The lowest BCUT2D eigenvalue weighted by Crippen LogP contribution is -2.39. The lowest BCUT2D eigenvalue weighted by atomic mass is 9.80. The Morgan fingerprint density at radius 1 is 0.588 bits per heavy atom. The van der Waals surface area contributed by atoms with E-state index < -0.39 is 35.5 Å². The number of hydrogen-bond acceptors (Lipinski definition) is 7. The van der Waals surface area contributed by atoms with Gasteiger partial charge in [0.2, 0.25) is 0 Å². The SMILES string of the molecule is COC(=O)c1ccc(CCc2cccc(CC[C@@H](O)[C@@H](COC(c3ccccc3)(c3ccccc3)c3ccccc3)C(=O)O)c2)cc1C(=O)OC. The summed E-state index contributed by atoms with van der Waals surface area (Å²) >= 11 is 0. The number of aliphatic hydroxyl groups is 1. The first-order valence-corrected chi connectivity index (χ1v) is 16.9. The van der Waals surface area contributed by atoms with E-state index in [9.17, 15) is 24.6 Å². The number of esters is 2. The predicted octanol–water partition coefficient (Wildman–Crippen LogP) is 7.05. The fourth-order valence-electron chi connectivity index (χ4n) is 6.39. The predicted molar refractivity (Wildman–Crippen MR) is 194 cm³/mol. The summed E-state index contributed by atoms with van der Waals surface area (Å²) in [5.41, 5.74) is 4.57. The Balaban J connectivity index is 1.29. The standard InChI is InChI=1S/C43H42O8/c1-49-41(47)36-25-23-32(28-37(36)42(48)50-2)22-21-30-13-12-14-31(27-30)24-26-39(44)38(40(45)46)29-51-43(33-15-6-3-7-16-33,34-17-8-4-9-18-34)35-19-10-5-11-20-35/h3-20,23,25,27-28,38-39,44H,21-22,24,26,29H2,1-2H3,(H,45,46)/t38-,39-/m1/s1. The summed E-state index contributed by atoms with van der Waals surface area (Å²) in [7, 11) is 2.52. The van der Waals surface area contributed by atoms with Gasteiger partial charge in [0.05, 0.1) is 38.1 Å². The Kier molecular flexibility index (Phi) is 12.5. The third kappa shape index (κ3) is 8.78. The molecule has 5 aromatic carbocycles. The van der Waals surface area contributed by atoms with E-state index >= 15 is 0 Å². The topological polar surface area (TPSA) is 119 Å². The molecule has 0 radical (unpaired) electrons. The molecule has 0 aromatic heterocycles. The Morgan fingerprint density at radius 2 is 1.06 bits per heavy atom. The summed E-state index contributed by atoms with van der Waals surface area (Å²) in [5.74, 6) is -3.55. The van der Waals surface area contributed by atoms with Crippen molar-refractivity contribution in [2.75, 3.05) is 20.8 Å². The van der Waals surface area contributed by atoms with E-state index in [1.54, 1.807) is 18.2 Å². The molecular formula is C43H42O8. The fraction of sp³-hybridized carbons (Fsp3) is 0.233. The van der Waals surface area contributed by atoms with Crippen LogP contribution in [0, 0.1) is 5.92 Å². The van der Waals surface area contributed by atoms with Crippen molar-refractivity contribution < 1.29 is 38.8 Å². The van der Waals surface area contributed by atoms with Gasteiger partial charge in [-0.1, -0.05) is 121 Å². The van der Waals surface area contributed by atoms with Crippen molar-refractivity contribution in [3.05, 3.63) is 178 Å². The summed E-state index contributed by atoms with van der Waals surface area (Å²) < 4.78 is 16.4. The molecule has 0 amide bonds. The van der Waals surface area contributed by atoms with E-state index in [0.717, 1.165) is 33.4 Å². The zero-order valence-corrected chi connectivity index (χ0v) is 28.7. The number of hydrogen-bond donors (Lipinski definition) is 2. The van der Waals surface area contributed by atoms with Crippen LogP contribution < -0.4 is 0 Å². The molecule has 0 heterocycles. The van der Waals surface area contributed by atoms with Crippen molar-refractivity contribution in [2.45, 2.75) is 37.4 Å². The highest BCUT2D eigenvalue weighted by Gasteiger charge is 2.40. The quantitative estimate of drug-likeness (QED) is 0.0838. The number of benzene rings is 5. The largest absolute Gasteiger partial charge is 0.481 e. The van der Waals surface area contributed by atoms with Crippen LogP contribution in [0.3, 0.4) is 0 Å². The van der Waals surface area contributed by atoms with Crippen LogP contribution in [0.4, 0.5) is 0 Å². The first-order chi connectivity index (χ1) is 24.8. The molecule has 0 aliphatic heterocycles. The number of carboxylic acid groups (broad SMARTS) is 1. The summed E-state index contributed by atoms with van der Waals surface area (Å²) in [6.07, 6.45) is 0.760. The van der Waals surface area contributed by atoms with Gasteiger partial charge in [0.25, 0.3) is 0 Å². The normalized spacial score (nSPS) is 12.5. The molecule has 0 bridgehead atoms. The molecule has 0 saturated heterocycles. The third-order valence-corrected chi connectivity index (χ3v) is 9.12. The summed E-state index contributed by atoms with van der Waals surface area (Å²) in [6.45, 7) is -0.225. The number of methoxy groups -OCH3 is 2. The molecule has 2 N–H and O–H groups in total. The van der Waals surface area contributed by atoms with Crippen LogP contribution in [0.2, 0.25) is 0 Å². The smallest absolute Gasteiger partial charge is 0.338 e. The van der Waals surface area contributed by atoms with Gasteiger partial charge in [-0.15, -0.1) is 0 Å². The van der Waals surface area contributed by atoms with Gasteiger partial charge in [0, 0.05) is 0 Å². The minimum Gasteiger partial charge on any atom is -0.481 e. The number of carboxylic acids is 1. The number of aryl methyl sites for hydroxylation is 3. The molecular weight excluding hydrogens is 644 g/mol. The maximum atomic E-state index is 12.6. The molecule has 0 saturated carbocycles. The Morgan fingerprint density at radius 3 is 1.55 bits per heavy atom. The first-order valence-electron chi connectivity index (χ1n) is 16.9. The molecule has 0 aliphatic rings. The Labute approximate surface area is 298 Å². The minimum absolute atomic E-state index is 0.143. The van der Waals surface area contributed by atoms with E-state index in [0.29, 0.717) is 19.3 Å². The van der Waals surface area contributed by atoms with Gasteiger partial charge in [-0.05, 0) is 71.2 Å². The van der Waals surface area contributed by atoms with Crippen LogP contribution >= 0.6 is 0 Å². The number of carbonyl (C=O) groups excluding carboxylic acids is 2. The van der Waals surface area contributed by atoms with E-state index in [2.05, 4.69) is 0 Å². The second kappa shape index (κ2) is 17.4. The maximum Gasteiger partial charge on any atom is 0.338 e. The lowest BCUT2D eigenvalue weighted by molar-refractivity contribution is -0.151. The third-order valence-electron chi connectivity index (χ3n) is 9.12. The van der Waals surface area contributed by atoms with Gasteiger partial charge >= 0.3 is 17.9 Å². The molecule has 8 heteroatoms. The van der Waals surface area contributed by atoms with Crippen molar-refractivity contribution in [3.8, 4) is 0 Å². The molecule has 0 fully saturated rings. The van der Waals surface area contributed by atoms with Crippen LogP contribution in [-0.2, 0) is 43.9 Å². The molecule has 8 nitrogen and oxygen atoms in total. The van der Waals surface area contributed by atoms with Crippen molar-refractivity contribution >= 4 is 17.9 Å². The minimum atomic E-state index is -1.18. The summed E-state index contributed by atoms with van der Waals surface area (Å²) in [6, 6.07) is 42.1. The van der Waals surface area contributed by atoms with Crippen LogP contribution in [0.15, 0.2) is 133 Å². The number of aliphatic hydroxyl groups excluding tert-OH is 1. The lowest BCUT2D eigenvalue weighted by Gasteiger charge is -2.37. The van der Waals surface area contributed by atoms with E-state index in [-0.39, 0.29) is 24.2 Å². The van der Waals surface area contributed by atoms with Crippen LogP contribution in [0.25, 0.3) is 0 Å².